The van der Waals surface area contributed by atoms with Crippen LogP contribution < -0.4 is 0 Å². The minimum atomic E-state index is -1.26. The average Bonchev–Trinajstić information content (AvgIpc) is 3.65. The van der Waals surface area contributed by atoms with E-state index >= 15 is 0 Å². The zero-order valence-corrected chi connectivity index (χ0v) is 25.1. The fourth-order valence-electron chi connectivity index (χ4n) is 5.43. The number of benzene rings is 1. The number of unbranched alkanes of at least 4 members (excludes halogenated alkanes) is 2. The zero-order chi connectivity index (χ0) is 29.9. The zero-order valence-electron chi connectivity index (χ0n) is 25.1. The van der Waals surface area contributed by atoms with Gasteiger partial charge in [0.25, 0.3) is 0 Å². The molecule has 0 N–H and O–H groups in total. The van der Waals surface area contributed by atoms with Crippen molar-refractivity contribution in [2.24, 2.45) is 11.8 Å². The molecular formula is C32H46O8. The molecule has 2 unspecified atom stereocenters. The summed E-state index contributed by atoms with van der Waals surface area (Å²) in [5.74, 6) is -3.59. The second-order valence-corrected chi connectivity index (χ2v) is 10.6. The number of methoxy groups -OCH3 is 2. The third kappa shape index (κ3) is 7.39. The van der Waals surface area contributed by atoms with Crippen molar-refractivity contribution in [3.63, 3.8) is 0 Å². The lowest BCUT2D eigenvalue weighted by Gasteiger charge is -2.16. The van der Waals surface area contributed by atoms with E-state index in [1.807, 2.05) is 6.92 Å². The summed E-state index contributed by atoms with van der Waals surface area (Å²) >= 11 is 0. The van der Waals surface area contributed by atoms with Gasteiger partial charge in [-0.1, -0.05) is 40.5 Å². The Balaban J connectivity index is 0.000000333. The molecule has 222 valence electrons. The first-order valence-corrected chi connectivity index (χ1v) is 14.6. The maximum absolute atomic E-state index is 12.9. The number of hydrogen-bond acceptors (Lipinski definition) is 8. The van der Waals surface area contributed by atoms with Crippen LogP contribution in [-0.2, 0) is 29.2 Å². The van der Waals surface area contributed by atoms with E-state index < -0.39 is 28.8 Å². The fraction of sp³-hybridized carbons (Fsp3) is 0.656. The highest BCUT2D eigenvalue weighted by atomic mass is 16.7. The van der Waals surface area contributed by atoms with Gasteiger partial charge >= 0.3 is 0 Å². The van der Waals surface area contributed by atoms with E-state index in [0.29, 0.717) is 18.8 Å². The van der Waals surface area contributed by atoms with Gasteiger partial charge in [-0.15, -0.1) is 0 Å². The molecule has 3 aliphatic carbocycles. The molecule has 8 heteroatoms. The molecule has 1 aromatic rings. The standard InChI is InChI=1S/C21H20O5.C6H14O.C5H12O2/c1-3-5-15(23)16-18(24)10-8-12-13(9-11(10)19(16)25)21(6-7-21)17(20(12)26)14(22)4-2;1-3-4-5-6-7-2;1-3-4-7-5-6-2/h8-9,16-17H,3-7H2,1-2H3;3-6H2,1-2H3;3-5H2,1-2H3. The van der Waals surface area contributed by atoms with Crippen LogP contribution in [0.2, 0.25) is 0 Å². The summed E-state index contributed by atoms with van der Waals surface area (Å²) in [7, 11) is 3.37. The predicted molar refractivity (Wildman–Crippen MR) is 152 cm³/mol. The second kappa shape index (κ2) is 16.0. The van der Waals surface area contributed by atoms with Gasteiger partial charge in [0.05, 0.1) is 5.92 Å². The van der Waals surface area contributed by atoms with Gasteiger partial charge in [0, 0.05) is 62.4 Å². The van der Waals surface area contributed by atoms with Crippen LogP contribution in [0, 0.1) is 11.8 Å². The summed E-state index contributed by atoms with van der Waals surface area (Å²) in [6, 6.07) is 3.09. The van der Waals surface area contributed by atoms with E-state index in [1.165, 1.54) is 25.3 Å². The van der Waals surface area contributed by atoms with Crippen molar-refractivity contribution >= 4 is 28.9 Å². The van der Waals surface area contributed by atoms with Gasteiger partial charge in [-0.25, -0.2) is 0 Å². The number of ketones is 5. The van der Waals surface area contributed by atoms with Crippen molar-refractivity contribution in [3.05, 3.63) is 34.4 Å². The second-order valence-electron chi connectivity index (χ2n) is 10.6. The van der Waals surface area contributed by atoms with Crippen LogP contribution in [0.3, 0.4) is 0 Å². The van der Waals surface area contributed by atoms with E-state index in [4.69, 9.17) is 9.47 Å². The molecule has 0 aliphatic heterocycles. The SMILES string of the molecule is CCCC(=O)C1C(=O)c2cc3c(cc2C1=O)C1(CC1)C(C(=O)CC)C3=O.CCCCCOC.CCCOCOC. The monoisotopic (exact) mass is 558 g/mol. The summed E-state index contributed by atoms with van der Waals surface area (Å²) in [4.78, 5) is 62.8. The van der Waals surface area contributed by atoms with Gasteiger partial charge in [0.2, 0.25) is 0 Å². The third-order valence-corrected chi connectivity index (χ3v) is 7.61. The molecule has 0 aromatic heterocycles. The van der Waals surface area contributed by atoms with Crippen LogP contribution in [0.4, 0.5) is 0 Å². The Kier molecular flexibility index (Phi) is 13.5. The number of carbonyl (C=O) groups excluding carboxylic acids is 5. The summed E-state index contributed by atoms with van der Waals surface area (Å²) < 4.78 is 14.4. The predicted octanol–water partition coefficient (Wildman–Crippen LogP) is 5.71. The molecule has 0 saturated heterocycles. The molecule has 0 radical (unpaired) electrons. The summed E-state index contributed by atoms with van der Waals surface area (Å²) in [5.41, 5.74) is 1.02. The number of fused-ring (bicyclic) bond motifs is 3. The molecule has 1 saturated carbocycles. The molecular weight excluding hydrogens is 512 g/mol. The van der Waals surface area contributed by atoms with E-state index in [2.05, 4.69) is 18.6 Å². The summed E-state index contributed by atoms with van der Waals surface area (Å²) in [6.45, 7) is 9.97. The molecule has 8 nitrogen and oxygen atoms in total. The Morgan fingerprint density at radius 2 is 1.43 bits per heavy atom. The maximum Gasteiger partial charge on any atom is 0.181 e. The first-order valence-electron chi connectivity index (χ1n) is 14.6. The van der Waals surface area contributed by atoms with Crippen LogP contribution in [0.5, 0.6) is 0 Å². The van der Waals surface area contributed by atoms with E-state index in [-0.39, 0.29) is 41.3 Å². The van der Waals surface area contributed by atoms with Gasteiger partial charge in [0.15, 0.2) is 23.1 Å². The smallest absolute Gasteiger partial charge is 0.181 e. The van der Waals surface area contributed by atoms with Crippen molar-refractivity contribution < 1.29 is 38.2 Å². The van der Waals surface area contributed by atoms with Gasteiger partial charge in [-0.2, -0.15) is 0 Å². The van der Waals surface area contributed by atoms with Crippen molar-refractivity contribution in [2.75, 3.05) is 34.2 Å². The molecule has 4 rings (SSSR count). The van der Waals surface area contributed by atoms with Crippen LogP contribution in [0.15, 0.2) is 12.1 Å². The normalized spacial score (nSPS) is 19.4. The van der Waals surface area contributed by atoms with Crippen molar-refractivity contribution in [3.8, 4) is 0 Å². The molecule has 2 atom stereocenters. The molecule has 1 aromatic carbocycles. The highest BCUT2D eigenvalue weighted by molar-refractivity contribution is 6.36. The van der Waals surface area contributed by atoms with Gasteiger partial charge in [0.1, 0.15) is 18.5 Å². The maximum atomic E-state index is 12.9. The molecule has 1 fully saturated rings. The van der Waals surface area contributed by atoms with Gasteiger partial charge in [-0.3, -0.25) is 24.0 Å². The minimum absolute atomic E-state index is 0.0856. The third-order valence-electron chi connectivity index (χ3n) is 7.61. The van der Waals surface area contributed by atoms with Gasteiger partial charge in [-0.05, 0) is 49.8 Å². The lowest BCUT2D eigenvalue weighted by Crippen LogP contribution is -2.28. The highest BCUT2D eigenvalue weighted by Crippen LogP contribution is 2.61. The molecule has 3 aliphatic rings. The van der Waals surface area contributed by atoms with Crippen LogP contribution in [0.25, 0.3) is 0 Å². The molecule has 0 bridgehead atoms. The summed E-state index contributed by atoms with van der Waals surface area (Å²) in [5, 5.41) is 0. The highest BCUT2D eigenvalue weighted by Gasteiger charge is 2.62. The lowest BCUT2D eigenvalue weighted by atomic mass is 9.84. The number of rotatable bonds is 13. The van der Waals surface area contributed by atoms with E-state index in [9.17, 15) is 24.0 Å². The number of carbonyl (C=O) groups is 5. The lowest BCUT2D eigenvalue weighted by molar-refractivity contribution is -0.122. The minimum Gasteiger partial charge on any atom is -0.385 e. The van der Waals surface area contributed by atoms with Crippen molar-refractivity contribution in [2.45, 2.75) is 90.9 Å². The largest absolute Gasteiger partial charge is 0.385 e. The Labute approximate surface area is 238 Å². The number of hydrogen-bond donors (Lipinski definition) is 0. The average molecular weight is 559 g/mol. The fourth-order valence-corrected chi connectivity index (χ4v) is 5.43. The molecule has 0 heterocycles. The molecule has 1 spiro atoms. The van der Waals surface area contributed by atoms with Crippen molar-refractivity contribution in [1.29, 1.82) is 0 Å². The van der Waals surface area contributed by atoms with Crippen LogP contribution in [0.1, 0.15) is 122 Å². The first kappa shape index (κ1) is 33.7. The topological polar surface area (TPSA) is 113 Å². The Morgan fingerprint density at radius 1 is 0.775 bits per heavy atom. The Hall–Kier alpha value is -2.55. The van der Waals surface area contributed by atoms with Crippen LogP contribution in [-0.4, -0.2) is 63.1 Å². The molecule has 40 heavy (non-hydrogen) atoms. The van der Waals surface area contributed by atoms with Crippen molar-refractivity contribution in [1.82, 2.24) is 0 Å². The quantitative estimate of drug-likeness (QED) is 0.172. The number of ether oxygens (including phenoxy) is 3. The Bertz CT molecular complexity index is 1050. The van der Waals surface area contributed by atoms with E-state index in [1.54, 1.807) is 27.2 Å². The van der Waals surface area contributed by atoms with Gasteiger partial charge < -0.3 is 14.2 Å². The Morgan fingerprint density at radius 3 is 1.93 bits per heavy atom. The summed E-state index contributed by atoms with van der Waals surface area (Å²) in [6.07, 6.45) is 7.38. The molecule has 0 amide bonds. The van der Waals surface area contributed by atoms with E-state index in [0.717, 1.165) is 38.0 Å². The van der Waals surface area contributed by atoms with Crippen LogP contribution >= 0.6 is 0 Å². The number of Topliss-reactive ketones (excluding diaryl/α,β-unsaturated/α-hetero) is 5. The first-order chi connectivity index (χ1) is 19.2.